The fourth-order valence-corrected chi connectivity index (χ4v) is 4.90. The summed E-state index contributed by atoms with van der Waals surface area (Å²) in [7, 11) is 1.88. The van der Waals surface area contributed by atoms with E-state index < -0.39 is 0 Å². The Morgan fingerprint density at radius 2 is 1.79 bits per heavy atom. The Morgan fingerprint density at radius 3 is 2.43 bits per heavy atom. The van der Waals surface area contributed by atoms with Crippen molar-refractivity contribution in [1.82, 2.24) is 15.5 Å². The first kappa shape index (κ1) is 24.2. The molecule has 2 saturated heterocycles. The Balaban J connectivity index is 0.00000280. The standard InChI is InChI=1S/C21H40N4O2.HI/c1-20(2)17-25(11-14-27-20)21(9-5-4-6-10-21)16-24-19(22-3)23-15-18-7-12-26-13-8-18;/h18H,4-17H2,1-3H3,(H2,22,23,24);1H. The molecule has 164 valence electrons. The van der Waals surface area contributed by atoms with E-state index in [9.17, 15) is 0 Å². The molecule has 2 aliphatic heterocycles. The van der Waals surface area contributed by atoms with Crippen LogP contribution >= 0.6 is 24.0 Å². The summed E-state index contributed by atoms with van der Waals surface area (Å²) in [6.07, 6.45) is 8.86. The highest BCUT2D eigenvalue weighted by Gasteiger charge is 2.42. The van der Waals surface area contributed by atoms with E-state index in [2.05, 4.69) is 34.4 Å². The number of hydrogen-bond donors (Lipinski definition) is 2. The van der Waals surface area contributed by atoms with Crippen molar-refractivity contribution in [2.24, 2.45) is 10.9 Å². The zero-order chi connectivity index (χ0) is 19.2. The lowest BCUT2D eigenvalue weighted by Crippen LogP contribution is -2.63. The fourth-order valence-electron chi connectivity index (χ4n) is 4.90. The monoisotopic (exact) mass is 508 g/mol. The van der Waals surface area contributed by atoms with Gasteiger partial charge in [0.15, 0.2) is 5.96 Å². The van der Waals surface area contributed by atoms with E-state index >= 15 is 0 Å². The zero-order valence-electron chi connectivity index (χ0n) is 18.1. The van der Waals surface area contributed by atoms with Crippen molar-refractivity contribution in [2.45, 2.75) is 69.9 Å². The van der Waals surface area contributed by atoms with Crippen LogP contribution in [-0.2, 0) is 9.47 Å². The molecule has 6 nitrogen and oxygen atoms in total. The van der Waals surface area contributed by atoms with Gasteiger partial charge in [0.1, 0.15) is 0 Å². The molecule has 7 heteroatoms. The van der Waals surface area contributed by atoms with Crippen LogP contribution in [0.2, 0.25) is 0 Å². The van der Waals surface area contributed by atoms with E-state index in [-0.39, 0.29) is 35.1 Å². The molecule has 3 rings (SSSR count). The van der Waals surface area contributed by atoms with Gasteiger partial charge in [-0.15, -0.1) is 24.0 Å². The normalized spacial score (nSPS) is 26.3. The SMILES string of the molecule is CN=C(NCC1CCOCC1)NCC1(N2CCOC(C)(C)C2)CCCCC1.I. The molecule has 0 aromatic carbocycles. The van der Waals surface area contributed by atoms with Crippen LogP contribution in [0.3, 0.4) is 0 Å². The number of nitrogens with zero attached hydrogens (tertiary/aromatic N) is 2. The lowest BCUT2D eigenvalue weighted by molar-refractivity contribution is -0.122. The minimum absolute atomic E-state index is 0. The van der Waals surface area contributed by atoms with Gasteiger partial charge in [-0.1, -0.05) is 19.3 Å². The molecule has 0 aromatic rings. The third-order valence-corrected chi connectivity index (χ3v) is 6.59. The topological polar surface area (TPSA) is 58.1 Å². The summed E-state index contributed by atoms with van der Waals surface area (Å²) in [4.78, 5) is 7.18. The van der Waals surface area contributed by atoms with Gasteiger partial charge >= 0.3 is 0 Å². The van der Waals surface area contributed by atoms with Gasteiger partial charge in [0.25, 0.3) is 0 Å². The molecule has 28 heavy (non-hydrogen) atoms. The predicted molar refractivity (Wildman–Crippen MR) is 126 cm³/mol. The minimum atomic E-state index is -0.0499. The molecule has 0 atom stereocenters. The number of rotatable bonds is 5. The molecular weight excluding hydrogens is 467 g/mol. The first-order chi connectivity index (χ1) is 13.0. The third-order valence-electron chi connectivity index (χ3n) is 6.59. The summed E-state index contributed by atoms with van der Waals surface area (Å²) in [5.41, 5.74) is 0.182. The van der Waals surface area contributed by atoms with Gasteiger partial charge < -0.3 is 20.1 Å². The summed E-state index contributed by atoms with van der Waals surface area (Å²) < 4.78 is 11.4. The largest absolute Gasteiger partial charge is 0.381 e. The summed E-state index contributed by atoms with van der Waals surface area (Å²) in [5, 5.41) is 7.22. The lowest BCUT2D eigenvalue weighted by Gasteiger charge is -2.51. The molecule has 2 N–H and O–H groups in total. The van der Waals surface area contributed by atoms with Crippen molar-refractivity contribution in [2.75, 3.05) is 53.0 Å². The molecule has 0 spiro atoms. The van der Waals surface area contributed by atoms with Crippen LogP contribution in [-0.4, -0.2) is 75.0 Å². The van der Waals surface area contributed by atoms with Gasteiger partial charge in [-0.3, -0.25) is 9.89 Å². The van der Waals surface area contributed by atoms with E-state index in [4.69, 9.17) is 9.47 Å². The van der Waals surface area contributed by atoms with Gasteiger partial charge in [-0.2, -0.15) is 0 Å². The Bertz CT molecular complexity index is 489. The van der Waals surface area contributed by atoms with Crippen molar-refractivity contribution in [3.63, 3.8) is 0 Å². The second-order valence-corrected chi connectivity index (χ2v) is 9.18. The third kappa shape index (κ3) is 6.71. The van der Waals surface area contributed by atoms with Crippen molar-refractivity contribution in [3.8, 4) is 0 Å². The molecular formula is C21H41IN4O2. The number of halogens is 1. The summed E-state index contributed by atoms with van der Waals surface area (Å²) in [6.45, 7) is 11.1. The molecule has 0 bridgehead atoms. The molecule has 0 radical (unpaired) electrons. The van der Waals surface area contributed by atoms with Gasteiger partial charge in [-0.05, 0) is 45.4 Å². The van der Waals surface area contributed by atoms with Crippen LogP contribution in [0.5, 0.6) is 0 Å². The van der Waals surface area contributed by atoms with Gasteiger partial charge in [0.05, 0.1) is 12.2 Å². The van der Waals surface area contributed by atoms with E-state index in [1.807, 2.05) is 7.05 Å². The Kier molecular flexibility index (Phi) is 9.76. The Labute approximate surface area is 188 Å². The highest BCUT2D eigenvalue weighted by molar-refractivity contribution is 14.0. The number of hydrogen-bond acceptors (Lipinski definition) is 4. The van der Waals surface area contributed by atoms with Crippen molar-refractivity contribution < 1.29 is 9.47 Å². The number of ether oxygens (including phenoxy) is 2. The van der Waals surface area contributed by atoms with Crippen LogP contribution in [0.25, 0.3) is 0 Å². The summed E-state index contributed by atoms with van der Waals surface area (Å²) >= 11 is 0. The van der Waals surface area contributed by atoms with Crippen molar-refractivity contribution >= 4 is 29.9 Å². The van der Waals surface area contributed by atoms with Crippen LogP contribution in [0, 0.1) is 5.92 Å². The van der Waals surface area contributed by atoms with E-state index in [0.717, 1.165) is 64.8 Å². The molecule has 0 unspecified atom stereocenters. The van der Waals surface area contributed by atoms with E-state index in [1.54, 1.807) is 0 Å². The Hall–Kier alpha value is -0.120. The molecule has 0 amide bonds. The van der Waals surface area contributed by atoms with Crippen LogP contribution in [0.4, 0.5) is 0 Å². The lowest BCUT2D eigenvalue weighted by atomic mass is 9.79. The second kappa shape index (κ2) is 11.3. The first-order valence-corrected chi connectivity index (χ1v) is 10.9. The van der Waals surface area contributed by atoms with E-state index in [1.165, 1.54) is 32.1 Å². The van der Waals surface area contributed by atoms with Gasteiger partial charge in [0, 0.05) is 52.0 Å². The number of nitrogens with one attached hydrogen (secondary N) is 2. The van der Waals surface area contributed by atoms with Crippen LogP contribution < -0.4 is 10.6 Å². The zero-order valence-corrected chi connectivity index (χ0v) is 20.4. The number of guanidine groups is 1. The first-order valence-electron chi connectivity index (χ1n) is 10.9. The predicted octanol–water partition coefficient (Wildman–Crippen LogP) is 3.01. The van der Waals surface area contributed by atoms with Gasteiger partial charge in [-0.25, -0.2) is 0 Å². The molecule has 1 saturated carbocycles. The second-order valence-electron chi connectivity index (χ2n) is 9.18. The maximum absolute atomic E-state index is 5.98. The maximum Gasteiger partial charge on any atom is 0.191 e. The molecule has 3 aliphatic rings. The van der Waals surface area contributed by atoms with E-state index in [0.29, 0.717) is 5.92 Å². The molecule has 1 aliphatic carbocycles. The molecule has 0 aromatic heterocycles. The smallest absolute Gasteiger partial charge is 0.191 e. The summed E-state index contributed by atoms with van der Waals surface area (Å²) in [5.74, 6) is 1.64. The average Bonchev–Trinajstić information content (AvgIpc) is 2.69. The molecule has 2 heterocycles. The van der Waals surface area contributed by atoms with Gasteiger partial charge in [0.2, 0.25) is 0 Å². The quantitative estimate of drug-likeness (QED) is 0.340. The molecule has 3 fully saturated rings. The highest BCUT2D eigenvalue weighted by atomic mass is 127. The van der Waals surface area contributed by atoms with Crippen LogP contribution in [0.1, 0.15) is 58.8 Å². The average molecular weight is 508 g/mol. The maximum atomic E-state index is 5.98. The number of aliphatic imine (C=N–C) groups is 1. The van der Waals surface area contributed by atoms with Crippen LogP contribution in [0.15, 0.2) is 4.99 Å². The van der Waals surface area contributed by atoms with Crippen molar-refractivity contribution in [3.05, 3.63) is 0 Å². The van der Waals surface area contributed by atoms with Crippen molar-refractivity contribution in [1.29, 1.82) is 0 Å². The summed E-state index contributed by atoms with van der Waals surface area (Å²) in [6, 6.07) is 0. The number of morpholine rings is 1. The Morgan fingerprint density at radius 1 is 1.07 bits per heavy atom. The fraction of sp³-hybridized carbons (Fsp3) is 0.952. The minimum Gasteiger partial charge on any atom is -0.381 e. The highest BCUT2D eigenvalue weighted by Crippen LogP contribution is 2.36.